The van der Waals surface area contributed by atoms with Crippen LogP contribution in [0.2, 0.25) is 5.02 Å². The molecule has 1 aromatic heterocycles. The Bertz CT molecular complexity index is 624. The van der Waals surface area contributed by atoms with Gasteiger partial charge in [-0.05, 0) is 45.1 Å². The van der Waals surface area contributed by atoms with E-state index in [1.807, 2.05) is 32.2 Å². The van der Waals surface area contributed by atoms with Crippen molar-refractivity contribution in [3.8, 4) is 5.69 Å². The zero-order chi connectivity index (χ0) is 15.2. The summed E-state index contributed by atoms with van der Waals surface area (Å²) in [6, 6.07) is 7.38. The monoisotopic (exact) mass is 306 g/mol. The molecule has 0 aliphatic carbocycles. The average molecular weight is 307 g/mol. The zero-order valence-electron chi connectivity index (χ0n) is 12.2. The van der Waals surface area contributed by atoms with E-state index in [1.54, 1.807) is 16.9 Å². The molecule has 2 N–H and O–H groups in total. The maximum Gasteiger partial charge on any atom is 0.254 e. The Hall–Kier alpha value is -1.85. The van der Waals surface area contributed by atoms with Crippen LogP contribution in [0.4, 0.5) is 0 Å². The highest BCUT2D eigenvalue weighted by atomic mass is 35.5. The summed E-state index contributed by atoms with van der Waals surface area (Å²) in [7, 11) is 1.89. The summed E-state index contributed by atoms with van der Waals surface area (Å²) >= 11 is 5.99. The molecule has 0 saturated carbocycles. The summed E-state index contributed by atoms with van der Waals surface area (Å²) in [6.45, 7) is 3.39. The Kier molecular flexibility index (Phi) is 5.36. The van der Waals surface area contributed by atoms with Gasteiger partial charge in [0.25, 0.3) is 5.91 Å². The molecule has 0 fully saturated rings. The highest BCUT2D eigenvalue weighted by Crippen LogP contribution is 2.17. The minimum Gasteiger partial charge on any atom is -0.352 e. The summed E-state index contributed by atoms with van der Waals surface area (Å²) in [5.74, 6) is -0.100. The first-order chi connectivity index (χ1) is 10.1. The van der Waals surface area contributed by atoms with Gasteiger partial charge >= 0.3 is 0 Å². The van der Waals surface area contributed by atoms with E-state index in [0.29, 0.717) is 17.1 Å². The molecule has 2 rings (SSSR count). The van der Waals surface area contributed by atoms with Crippen molar-refractivity contribution >= 4 is 17.5 Å². The Balaban J connectivity index is 2.11. The van der Waals surface area contributed by atoms with Crippen molar-refractivity contribution in [3.05, 3.63) is 46.7 Å². The normalized spacial score (nSPS) is 10.6. The van der Waals surface area contributed by atoms with Crippen LogP contribution >= 0.6 is 11.6 Å². The maximum absolute atomic E-state index is 12.1. The van der Waals surface area contributed by atoms with E-state index in [0.717, 1.165) is 24.3 Å². The fourth-order valence-electron chi connectivity index (χ4n) is 2.06. The highest BCUT2D eigenvalue weighted by Gasteiger charge is 2.14. The first-order valence-electron chi connectivity index (χ1n) is 6.87. The number of carbonyl (C=O) groups excluding carboxylic acids is 1. The first-order valence-corrected chi connectivity index (χ1v) is 7.24. The van der Waals surface area contributed by atoms with Gasteiger partial charge in [-0.2, -0.15) is 5.10 Å². The van der Waals surface area contributed by atoms with Crippen LogP contribution in [0, 0.1) is 6.92 Å². The van der Waals surface area contributed by atoms with Gasteiger partial charge in [0.2, 0.25) is 0 Å². The number of amides is 1. The molecule has 6 heteroatoms. The second-order valence-corrected chi connectivity index (χ2v) is 5.18. The Morgan fingerprint density at radius 1 is 1.38 bits per heavy atom. The molecule has 112 valence electrons. The van der Waals surface area contributed by atoms with Gasteiger partial charge in [0.05, 0.1) is 23.1 Å². The van der Waals surface area contributed by atoms with E-state index in [1.165, 1.54) is 0 Å². The zero-order valence-corrected chi connectivity index (χ0v) is 12.9. The van der Waals surface area contributed by atoms with Crippen LogP contribution in [0.5, 0.6) is 0 Å². The van der Waals surface area contributed by atoms with Crippen molar-refractivity contribution in [2.75, 3.05) is 20.1 Å². The van der Waals surface area contributed by atoms with Gasteiger partial charge in [-0.25, -0.2) is 4.68 Å². The molecule has 0 aliphatic rings. The van der Waals surface area contributed by atoms with Crippen LogP contribution in [-0.2, 0) is 0 Å². The van der Waals surface area contributed by atoms with Gasteiger partial charge in [-0.1, -0.05) is 17.7 Å². The number of carbonyl (C=O) groups is 1. The third-order valence-electron chi connectivity index (χ3n) is 3.20. The molecule has 21 heavy (non-hydrogen) atoms. The Labute approximate surface area is 129 Å². The molecular formula is C15H19ClN4O. The van der Waals surface area contributed by atoms with E-state index in [2.05, 4.69) is 15.7 Å². The van der Waals surface area contributed by atoms with E-state index in [4.69, 9.17) is 11.6 Å². The van der Waals surface area contributed by atoms with Crippen LogP contribution in [-0.4, -0.2) is 35.8 Å². The summed E-state index contributed by atoms with van der Waals surface area (Å²) < 4.78 is 1.72. The van der Waals surface area contributed by atoms with Crippen molar-refractivity contribution in [3.63, 3.8) is 0 Å². The van der Waals surface area contributed by atoms with Crippen molar-refractivity contribution in [1.82, 2.24) is 20.4 Å². The van der Waals surface area contributed by atoms with E-state index < -0.39 is 0 Å². The lowest BCUT2D eigenvalue weighted by molar-refractivity contribution is 0.0952. The SMILES string of the molecule is CNCCCNC(=O)c1cnn(-c2cccc(Cl)c2)c1C. The molecule has 1 aromatic carbocycles. The number of hydrogen-bond donors (Lipinski definition) is 2. The molecule has 1 heterocycles. The number of rotatable bonds is 6. The van der Waals surface area contributed by atoms with E-state index >= 15 is 0 Å². The first kappa shape index (κ1) is 15.5. The fourth-order valence-corrected chi connectivity index (χ4v) is 2.25. The predicted molar refractivity (Wildman–Crippen MR) is 84.2 cm³/mol. The smallest absolute Gasteiger partial charge is 0.254 e. The van der Waals surface area contributed by atoms with Gasteiger partial charge in [0, 0.05) is 11.6 Å². The van der Waals surface area contributed by atoms with Crippen LogP contribution in [0.25, 0.3) is 5.69 Å². The standard InChI is InChI=1S/C15H19ClN4O/c1-11-14(15(21)18-8-4-7-17-2)10-19-20(11)13-6-3-5-12(16)9-13/h3,5-6,9-10,17H,4,7-8H2,1-2H3,(H,18,21). The number of halogens is 1. The molecule has 0 bridgehead atoms. The second kappa shape index (κ2) is 7.24. The molecule has 0 unspecified atom stereocenters. The van der Waals surface area contributed by atoms with Gasteiger partial charge < -0.3 is 10.6 Å². The minimum atomic E-state index is -0.100. The third-order valence-corrected chi connectivity index (χ3v) is 3.43. The summed E-state index contributed by atoms with van der Waals surface area (Å²) in [6.07, 6.45) is 2.48. The number of aromatic nitrogens is 2. The average Bonchev–Trinajstić information content (AvgIpc) is 2.85. The lowest BCUT2D eigenvalue weighted by atomic mass is 10.2. The summed E-state index contributed by atoms with van der Waals surface area (Å²) in [5.41, 5.74) is 2.22. The molecule has 2 aromatic rings. The van der Waals surface area contributed by atoms with Crippen LogP contribution in [0.1, 0.15) is 22.5 Å². The second-order valence-electron chi connectivity index (χ2n) is 4.75. The molecular weight excluding hydrogens is 288 g/mol. The quantitative estimate of drug-likeness (QED) is 0.804. The highest BCUT2D eigenvalue weighted by molar-refractivity contribution is 6.30. The van der Waals surface area contributed by atoms with E-state index in [-0.39, 0.29) is 5.91 Å². The molecule has 0 radical (unpaired) electrons. The van der Waals surface area contributed by atoms with Crippen molar-refractivity contribution in [2.24, 2.45) is 0 Å². The Morgan fingerprint density at radius 3 is 2.90 bits per heavy atom. The fraction of sp³-hybridized carbons (Fsp3) is 0.333. The predicted octanol–water partition coefficient (Wildman–Crippen LogP) is 2.17. The van der Waals surface area contributed by atoms with Crippen LogP contribution < -0.4 is 10.6 Å². The van der Waals surface area contributed by atoms with E-state index in [9.17, 15) is 4.79 Å². The lowest BCUT2D eigenvalue weighted by Crippen LogP contribution is -2.26. The van der Waals surface area contributed by atoms with Crippen LogP contribution in [0.15, 0.2) is 30.5 Å². The van der Waals surface area contributed by atoms with Crippen LogP contribution in [0.3, 0.4) is 0 Å². The molecule has 0 aliphatic heterocycles. The van der Waals surface area contributed by atoms with Gasteiger partial charge in [0.15, 0.2) is 0 Å². The molecule has 1 amide bonds. The molecule has 0 atom stereocenters. The maximum atomic E-state index is 12.1. The topological polar surface area (TPSA) is 58.9 Å². The molecule has 0 saturated heterocycles. The number of nitrogens with one attached hydrogen (secondary N) is 2. The molecule has 0 spiro atoms. The van der Waals surface area contributed by atoms with Gasteiger partial charge in [-0.3, -0.25) is 4.79 Å². The number of benzene rings is 1. The third kappa shape index (κ3) is 3.83. The summed E-state index contributed by atoms with van der Waals surface area (Å²) in [5, 5.41) is 10.9. The van der Waals surface area contributed by atoms with Crippen molar-refractivity contribution in [1.29, 1.82) is 0 Å². The van der Waals surface area contributed by atoms with Crippen molar-refractivity contribution in [2.45, 2.75) is 13.3 Å². The van der Waals surface area contributed by atoms with Crippen molar-refractivity contribution < 1.29 is 4.79 Å². The summed E-state index contributed by atoms with van der Waals surface area (Å²) in [4.78, 5) is 12.1. The molecule has 5 nitrogen and oxygen atoms in total. The lowest BCUT2D eigenvalue weighted by Gasteiger charge is -2.07. The van der Waals surface area contributed by atoms with Gasteiger partial charge in [-0.15, -0.1) is 0 Å². The number of hydrogen-bond acceptors (Lipinski definition) is 3. The largest absolute Gasteiger partial charge is 0.352 e. The number of nitrogens with zero attached hydrogens (tertiary/aromatic N) is 2. The Morgan fingerprint density at radius 2 is 2.19 bits per heavy atom. The minimum absolute atomic E-state index is 0.100. The van der Waals surface area contributed by atoms with Gasteiger partial charge in [0.1, 0.15) is 0 Å².